The number of anilines is 1. The van der Waals surface area contributed by atoms with Crippen molar-refractivity contribution in [3.05, 3.63) is 95.3 Å². The predicted octanol–water partition coefficient (Wildman–Crippen LogP) is 7.64. The average molecular weight is 681 g/mol. The van der Waals surface area contributed by atoms with Gasteiger partial charge in [-0.3, -0.25) is 9.59 Å². The highest BCUT2D eigenvalue weighted by Crippen LogP contribution is 2.32. The van der Waals surface area contributed by atoms with Gasteiger partial charge >= 0.3 is 0 Å². The number of halogens is 4. The molecule has 0 radical (unpaired) electrons. The van der Waals surface area contributed by atoms with Crippen LogP contribution < -0.4 is 15.6 Å². The molecule has 4 aromatic rings. The van der Waals surface area contributed by atoms with Crippen LogP contribution in [0.25, 0.3) is 10.9 Å². The quantitative estimate of drug-likeness (QED) is 0.194. The Bertz CT molecular complexity index is 1590. The second kappa shape index (κ2) is 12.4. The number of nitrogens with one attached hydrogen (secondary N) is 1. The number of rotatable bonds is 8. The van der Waals surface area contributed by atoms with Crippen LogP contribution in [0, 0.1) is 0 Å². The molecule has 0 aliphatic rings. The van der Waals surface area contributed by atoms with E-state index in [9.17, 15) is 9.59 Å². The molecule has 1 heterocycles. The molecule has 0 aliphatic heterocycles. The lowest BCUT2D eigenvalue weighted by atomic mass is 10.1. The van der Waals surface area contributed by atoms with Crippen LogP contribution in [0.3, 0.4) is 0 Å². The van der Waals surface area contributed by atoms with E-state index in [0.29, 0.717) is 48.2 Å². The summed E-state index contributed by atoms with van der Waals surface area (Å²) in [5.41, 5.74) is 1.36. The van der Waals surface area contributed by atoms with E-state index in [2.05, 4.69) is 42.3 Å². The maximum absolute atomic E-state index is 13.4. The zero-order valence-electron chi connectivity index (χ0n) is 20.3. The third-order valence-corrected chi connectivity index (χ3v) is 7.26. The van der Waals surface area contributed by atoms with Gasteiger partial charge in [0.2, 0.25) is 0 Å². The summed E-state index contributed by atoms with van der Waals surface area (Å²) in [5.74, 6) is 0.497. The number of hydrogen-bond acceptors (Lipinski definition) is 5. The molecular weight excluding hydrogens is 659 g/mol. The van der Waals surface area contributed by atoms with Gasteiger partial charge in [0.1, 0.15) is 11.6 Å². The third-order valence-electron chi connectivity index (χ3n) is 5.71. The molecular formula is C27H22Br2Cl2N4O3. The van der Waals surface area contributed by atoms with Gasteiger partial charge in [-0.25, -0.2) is 4.98 Å². The summed E-state index contributed by atoms with van der Waals surface area (Å²) in [6.07, 6.45) is 2.24. The second-order valence-electron chi connectivity index (χ2n) is 8.45. The van der Waals surface area contributed by atoms with Crippen molar-refractivity contribution in [2.45, 2.75) is 26.2 Å². The molecule has 11 heteroatoms. The summed E-state index contributed by atoms with van der Waals surface area (Å²) in [6.45, 7) is 3.74. The minimum absolute atomic E-state index is 0.0220. The zero-order valence-corrected chi connectivity index (χ0v) is 25.0. The van der Waals surface area contributed by atoms with Crippen molar-refractivity contribution in [3.8, 4) is 5.75 Å². The van der Waals surface area contributed by atoms with E-state index in [-0.39, 0.29) is 24.0 Å². The monoisotopic (exact) mass is 678 g/mol. The number of amides is 1. The van der Waals surface area contributed by atoms with E-state index in [1.54, 1.807) is 48.5 Å². The molecule has 4 rings (SSSR count). The molecule has 0 aliphatic carbocycles. The number of carbonyl (C=O) groups excluding carboxylic acids is 1. The molecule has 1 atom stereocenters. The molecule has 7 nitrogen and oxygen atoms in total. The fourth-order valence-corrected chi connectivity index (χ4v) is 5.03. The van der Waals surface area contributed by atoms with Gasteiger partial charge in [-0.1, -0.05) is 53.0 Å². The average Bonchev–Trinajstić information content (AvgIpc) is 2.88. The molecule has 3 aromatic carbocycles. The molecule has 38 heavy (non-hydrogen) atoms. The molecule has 0 bridgehead atoms. The summed E-state index contributed by atoms with van der Waals surface area (Å²) in [6, 6.07) is 15.4. The van der Waals surface area contributed by atoms with E-state index >= 15 is 0 Å². The maximum atomic E-state index is 13.4. The Balaban J connectivity index is 1.67. The first kappa shape index (κ1) is 28.3. The molecule has 196 valence electrons. The van der Waals surface area contributed by atoms with Gasteiger partial charge in [0, 0.05) is 31.7 Å². The summed E-state index contributed by atoms with van der Waals surface area (Å²) < 4.78 is 8.43. The minimum Gasteiger partial charge on any atom is -0.482 e. The van der Waals surface area contributed by atoms with Crippen molar-refractivity contribution >= 4 is 83.8 Å². The van der Waals surface area contributed by atoms with Gasteiger partial charge in [0.25, 0.3) is 11.5 Å². The van der Waals surface area contributed by atoms with Crippen LogP contribution in [0.4, 0.5) is 5.69 Å². The number of aromatic nitrogens is 2. The van der Waals surface area contributed by atoms with E-state index in [0.717, 1.165) is 10.9 Å². The molecule has 0 saturated carbocycles. The van der Waals surface area contributed by atoms with Crippen LogP contribution in [-0.4, -0.2) is 28.4 Å². The maximum Gasteiger partial charge on any atom is 0.282 e. The fraction of sp³-hybridized carbons (Fsp3) is 0.185. The smallest absolute Gasteiger partial charge is 0.282 e. The first-order valence-corrected chi connectivity index (χ1v) is 13.9. The molecule has 0 spiro atoms. The fourth-order valence-electron chi connectivity index (χ4n) is 3.60. The largest absolute Gasteiger partial charge is 0.482 e. The van der Waals surface area contributed by atoms with Gasteiger partial charge in [-0.2, -0.15) is 9.78 Å². The van der Waals surface area contributed by atoms with E-state index < -0.39 is 0 Å². The number of carbonyl (C=O) groups is 1. The van der Waals surface area contributed by atoms with Crippen molar-refractivity contribution in [1.82, 2.24) is 9.66 Å². The van der Waals surface area contributed by atoms with Gasteiger partial charge in [0.05, 0.1) is 21.6 Å². The topological polar surface area (TPSA) is 85.6 Å². The lowest BCUT2D eigenvalue weighted by Gasteiger charge is -2.15. The molecule has 1 amide bonds. The van der Waals surface area contributed by atoms with Crippen molar-refractivity contribution in [2.24, 2.45) is 5.10 Å². The Labute approximate surface area is 246 Å². The van der Waals surface area contributed by atoms with Gasteiger partial charge in [-0.05, 0) is 76.9 Å². The van der Waals surface area contributed by atoms with Crippen LogP contribution >= 0.6 is 55.1 Å². The number of benzene rings is 3. The highest BCUT2D eigenvalue weighted by molar-refractivity contribution is 9.10. The number of hydrogen-bond donors (Lipinski definition) is 1. The molecule has 0 saturated heterocycles. The Morgan fingerprint density at radius 2 is 1.87 bits per heavy atom. The second-order valence-corrected chi connectivity index (χ2v) is 11.1. The number of nitrogens with zero attached hydrogens (tertiary/aromatic N) is 3. The SMILES string of the molecule is CC[C@@H](C)c1nc2ccc(Br)cc2c(=O)n1N=Cc1cc(Cl)cc(Br)c1OCC(=O)Nc1ccc(Cl)cc1. The standard InChI is InChI=1S/C27H22Br2Cl2N4O3/c1-3-15(2)26-34-23-9-4-17(28)11-21(23)27(37)35(26)32-13-16-10-19(31)12-22(29)25(16)38-14-24(36)33-20-7-5-18(30)6-8-20/h4-13,15H,3,14H2,1-2H3,(H,33,36)/t15-/m1/s1. The van der Waals surface area contributed by atoms with E-state index in [4.69, 9.17) is 32.9 Å². The zero-order chi connectivity index (χ0) is 27.4. The van der Waals surface area contributed by atoms with Crippen LogP contribution in [0.5, 0.6) is 5.75 Å². The highest BCUT2D eigenvalue weighted by atomic mass is 79.9. The van der Waals surface area contributed by atoms with Crippen LogP contribution in [0.2, 0.25) is 10.0 Å². The lowest BCUT2D eigenvalue weighted by molar-refractivity contribution is -0.118. The Morgan fingerprint density at radius 1 is 1.13 bits per heavy atom. The van der Waals surface area contributed by atoms with Crippen LogP contribution in [0.1, 0.15) is 37.6 Å². The van der Waals surface area contributed by atoms with Crippen LogP contribution in [-0.2, 0) is 4.79 Å². The van der Waals surface area contributed by atoms with Crippen molar-refractivity contribution in [3.63, 3.8) is 0 Å². The van der Waals surface area contributed by atoms with Crippen molar-refractivity contribution in [1.29, 1.82) is 0 Å². The Morgan fingerprint density at radius 3 is 2.58 bits per heavy atom. The molecule has 1 aromatic heterocycles. The number of fused-ring (bicyclic) bond motifs is 1. The number of ether oxygens (including phenoxy) is 1. The highest BCUT2D eigenvalue weighted by Gasteiger charge is 2.17. The van der Waals surface area contributed by atoms with Gasteiger partial charge in [-0.15, -0.1) is 0 Å². The van der Waals surface area contributed by atoms with Gasteiger partial charge in [0.15, 0.2) is 6.61 Å². The van der Waals surface area contributed by atoms with Crippen molar-refractivity contribution in [2.75, 3.05) is 11.9 Å². The third kappa shape index (κ3) is 6.64. The predicted molar refractivity (Wildman–Crippen MR) is 160 cm³/mol. The lowest BCUT2D eigenvalue weighted by Crippen LogP contribution is -2.24. The summed E-state index contributed by atoms with van der Waals surface area (Å²) >= 11 is 19.1. The minimum atomic E-state index is -0.364. The van der Waals surface area contributed by atoms with E-state index in [1.807, 2.05) is 19.9 Å². The van der Waals surface area contributed by atoms with Crippen molar-refractivity contribution < 1.29 is 9.53 Å². The first-order valence-electron chi connectivity index (χ1n) is 11.6. The molecule has 1 N–H and O–H groups in total. The Kier molecular flexibility index (Phi) is 9.25. The summed E-state index contributed by atoms with van der Waals surface area (Å²) in [5, 5.41) is 8.67. The molecule has 0 fully saturated rings. The van der Waals surface area contributed by atoms with Gasteiger partial charge < -0.3 is 10.1 Å². The molecule has 0 unspecified atom stereocenters. The summed E-state index contributed by atoms with van der Waals surface area (Å²) in [7, 11) is 0. The van der Waals surface area contributed by atoms with Crippen LogP contribution in [0.15, 0.2) is 73.4 Å². The first-order chi connectivity index (χ1) is 18.2. The summed E-state index contributed by atoms with van der Waals surface area (Å²) in [4.78, 5) is 30.6. The normalized spacial score (nSPS) is 12.2. The Hall–Kier alpha value is -2.72. The van der Waals surface area contributed by atoms with E-state index in [1.165, 1.54) is 10.9 Å².